The van der Waals surface area contributed by atoms with E-state index < -0.39 is 0 Å². The summed E-state index contributed by atoms with van der Waals surface area (Å²) in [6.45, 7) is 0.159. The highest BCUT2D eigenvalue weighted by Crippen LogP contribution is 2.31. The highest BCUT2D eigenvalue weighted by molar-refractivity contribution is 7.13. The first kappa shape index (κ1) is 21.0. The molecular weight excluding hydrogens is 434 g/mol. The summed E-state index contributed by atoms with van der Waals surface area (Å²) in [5.41, 5.74) is 3.39. The number of anilines is 1. The van der Waals surface area contributed by atoms with Crippen LogP contribution in [0, 0.1) is 0 Å². The summed E-state index contributed by atoms with van der Waals surface area (Å²) in [6.07, 6.45) is 1.87. The number of rotatable bonds is 7. The van der Waals surface area contributed by atoms with Gasteiger partial charge in [-0.3, -0.25) is 4.79 Å². The maximum atomic E-state index is 12.6. The van der Waals surface area contributed by atoms with Crippen LogP contribution in [0.2, 0.25) is 5.02 Å². The van der Waals surface area contributed by atoms with Crippen molar-refractivity contribution in [2.75, 3.05) is 19.5 Å². The quantitative estimate of drug-likeness (QED) is 0.396. The molecule has 0 unspecified atom stereocenters. The number of hydrogen-bond acceptors (Lipinski definition) is 5. The minimum Gasteiger partial charge on any atom is -0.493 e. The maximum absolute atomic E-state index is 12.6. The molecule has 0 spiro atoms. The molecule has 0 atom stereocenters. The largest absolute Gasteiger partial charge is 0.493 e. The molecule has 158 valence electrons. The van der Waals surface area contributed by atoms with Crippen molar-refractivity contribution >= 4 is 34.5 Å². The number of nitrogens with zero attached hydrogens (tertiary/aromatic N) is 2. The summed E-state index contributed by atoms with van der Waals surface area (Å²) < 4.78 is 12.4. The number of methoxy groups -OCH3 is 2. The van der Waals surface area contributed by atoms with Gasteiger partial charge in [0.15, 0.2) is 11.5 Å². The van der Waals surface area contributed by atoms with Gasteiger partial charge in [0.1, 0.15) is 11.6 Å². The average Bonchev–Trinajstić information content (AvgIpc) is 3.43. The zero-order chi connectivity index (χ0) is 21.8. The van der Waals surface area contributed by atoms with Gasteiger partial charge >= 0.3 is 0 Å². The van der Waals surface area contributed by atoms with E-state index in [0.717, 1.165) is 22.0 Å². The third kappa shape index (κ3) is 4.73. The molecule has 2 heterocycles. The van der Waals surface area contributed by atoms with Crippen LogP contribution in [0.15, 0.2) is 66.2 Å². The molecule has 0 saturated heterocycles. The first-order valence-electron chi connectivity index (χ1n) is 9.46. The molecule has 0 aliphatic rings. The fourth-order valence-electron chi connectivity index (χ4n) is 3.16. The molecular formula is C23H20ClN3O3S. The van der Waals surface area contributed by atoms with Gasteiger partial charge in [0.25, 0.3) is 0 Å². The van der Waals surface area contributed by atoms with Crippen molar-refractivity contribution in [3.05, 3.63) is 71.2 Å². The summed E-state index contributed by atoms with van der Waals surface area (Å²) in [4.78, 5) is 17.4. The van der Waals surface area contributed by atoms with Gasteiger partial charge in [0.05, 0.1) is 25.6 Å². The van der Waals surface area contributed by atoms with Crippen LogP contribution in [0.3, 0.4) is 0 Å². The van der Waals surface area contributed by atoms with Gasteiger partial charge in [0.2, 0.25) is 5.91 Å². The fraction of sp³-hybridized carbons (Fsp3) is 0.130. The number of carbonyl (C=O) groups excluding carboxylic acids is 1. The minimum atomic E-state index is -0.154. The average molecular weight is 454 g/mol. The molecule has 0 fully saturated rings. The van der Waals surface area contributed by atoms with Gasteiger partial charge in [-0.2, -0.15) is 0 Å². The minimum absolute atomic E-state index is 0.154. The Balaban J connectivity index is 1.49. The smallest absolute Gasteiger partial charge is 0.244 e. The lowest BCUT2D eigenvalue weighted by atomic mass is 10.2. The van der Waals surface area contributed by atoms with Crippen LogP contribution in [0.4, 0.5) is 5.69 Å². The number of ether oxygens (including phenoxy) is 2. The second kappa shape index (κ2) is 9.24. The summed E-state index contributed by atoms with van der Waals surface area (Å²) in [7, 11) is 3.13. The summed E-state index contributed by atoms with van der Waals surface area (Å²) in [5, 5.41) is 6.43. The molecule has 2 aromatic heterocycles. The van der Waals surface area contributed by atoms with Crippen molar-refractivity contribution in [3.63, 3.8) is 0 Å². The molecule has 4 rings (SSSR count). The lowest BCUT2D eigenvalue weighted by Gasteiger charge is -2.11. The molecule has 0 radical (unpaired) electrons. The zero-order valence-electron chi connectivity index (χ0n) is 17.0. The van der Waals surface area contributed by atoms with Gasteiger partial charge in [-0.15, -0.1) is 11.3 Å². The van der Waals surface area contributed by atoms with Crippen molar-refractivity contribution in [2.45, 2.75) is 6.54 Å². The van der Waals surface area contributed by atoms with Crippen LogP contribution in [0.1, 0.15) is 0 Å². The summed E-state index contributed by atoms with van der Waals surface area (Å²) in [5.74, 6) is 1.01. The van der Waals surface area contributed by atoms with E-state index in [1.807, 2.05) is 52.5 Å². The molecule has 4 aromatic rings. The van der Waals surface area contributed by atoms with Gasteiger partial charge in [-0.05, 0) is 36.4 Å². The zero-order valence-corrected chi connectivity index (χ0v) is 18.5. The normalized spacial score (nSPS) is 10.7. The Morgan fingerprint density at radius 1 is 1.10 bits per heavy atom. The van der Waals surface area contributed by atoms with Crippen molar-refractivity contribution in [2.24, 2.45) is 0 Å². The molecule has 0 aliphatic carbocycles. The Morgan fingerprint density at radius 3 is 2.61 bits per heavy atom. The number of carbonyl (C=O) groups is 1. The molecule has 6 nitrogen and oxygen atoms in total. The predicted molar refractivity (Wildman–Crippen MR) is 124 cm³/mol. The van der Waals surface area contributed by atoms with E-state index in [1.165, 1.54) is 11.3 Å². The van der Waals surface area contributed by atoms with Crippen molar-refractivity contribution in [1.29, 1.82) is 0 Å². The molecule has 8 heteroatoms. The topological polar surface area (TPSA) is 65.4 Å². The molecule has 0 saturated carbocycles. The van der Waals surface area contributed by atoms with Crippen LogP contribution in [-0.2, 0) is 11.3 Å². The third-order valence-electron chi connectivity index (χ3n) is 4.67. The van der Waals surface area contributed by atoms with Crippen LogP contribution in [0.25, 0.3) is 22.0 Å². The fourth-order valence-corrected chi connectivity index (χ4v) is 4.16. The second-order valence-corrected chi connectivity index (χ2v) is 7.98. The highest BCUT2D eigenvalue weighted by atomic mass is 35.5. The molecule has 1 amide bonds. The van der Waals surface area contributed by atoms with Crippen molar-refractivity contribution in [3.8, 4) is 33.5 Å². The number of aromatic nitrogens is 2. The molecule has 2 aromatic carbocycles. The van der Waals surface area contributed by atoms with Crippen molar-refractivity contribution in [1.82, 2.24) is 9.55 Å². The van der Waals surface area contributed by atoms with Crippen LogP contribution in [0.5, 0.6) is 11.5 Å². The Bertz CT molecular complexity index is 1200. The van der Waals surface area contributed by atoms with E-state index in [2.05, 4.69) is 5.32 Å². The highest BCUT2D eigenvalue weighted by Gasteiger charge is 2.13. The van der Waals surface area contributed by atoms with Crippen LogP contribution in [-0.4, -0.2) is 29.7 Å². The lowest BCUT2D eigenvalue weighted by molar-refractivity contribution is -0.116. The molecule has 31 heavy (non-hydrogen) atoms. The first-order valence-corrected chi connectivity index (χ1v) is 10.7. The van der Waals surface area contributed by atoms with E-state index >= 15 is 0 Å². The number of thiazole rings is 1. The van der Waals surface area contributed by atoms with E-state index in [9.17, 15) is 4.79 Å². The van der Waals surface area contributed by atoms with E-state index in [1.54, 1.807) is 32.4 Å². The Hall–Kier alpha value is -3.29. The molecule has 1 N–H and O–H groups in total. The Labute approximate surface area is 189 Å². The number of benzene rings is 2. The maximum Gasteiger partial charge on any atom is 0.244 e. The number of amides is 1. The summed E-state index contributed by atoms with van der Waals surface area (Å²) >= 11 is 7.51. The number of halogens is 1. The Morgan fingerprint density at radius 2 is 1.87 bits per heavy atom. The molecule has 0 aliphatic heterocycles. The van der Waals surface area contributed by atoms with E-state index in [-0.39, 0.29) is 12.5 Å². The van der Waals surface area contributed by atoms with Crippen LogP contribution >= 0.6 is 22.9 Å². The number of hydrogen-bond donors (Lipinski definition) is 1. The molecule has 0 bridgehead atoms. The summed E-state index contributed by atoms with van der Waals surface area (Å²) in [6, 6.07) is 16.7. The van der Waals surface area contributed by atoms with Gasteiger partial charge in [-0.1, -0.05) is 23.7 Å². The lowest BCUT2D eigenvalue weighted by Crippen LogP contribution is -2.18. The first-order chi connectivity index (χ1) is 15.1. The second-order valence-electron chi connectivity index (χ2n) is 6.68. The van der Waals surface area contributed by atoms with Crippen molar-refractivity contribution < 1.29 is 14.3 Å². The van der Waals surface area contributed by atoms with Gasteiger partial charge in [-0.25, -0.2) is 4.98 Å². The van der Waals surface area contributed by atoms with E-state index in [0.29, 0.717) is 22.2 Å². The van der Waals surface area contributed by atoms with E-state index in [4.69, 9.17) is 26.1 Å². The predicted octanol–water partition coefficient (Wildman–Crippen LogP) is 5.59. The standard InChI is InChI=1S/C23H20ClN3O3S/c1-29-20-10-9-17(12-21(20)30-2)25-22(28)13-27-11-3-4-19(27)23-26-18(14-31-23)15-5-7-16(24)8-6-15/h3-12,14H,13H2,1-2H3,(H,25,28). The van der Waals surface area contributed by atoms with Gasteiger partial charge < -0.3 is 19.4 Å². The van der Waals surface area contributed by atoms with Gasteiger partial charge in [0, 0.05) is 33.9 Å². The SMILES string of the molecule is COc1ccc(NC(=O)Cn2cccc2-c2nc(-c3ccc(Cl)cc3)cs2)cc1OC. The van der Waals surface area contributed by atoms with Crippen LogP contribution < -0.4 is 14.8 Å². The number of nitrogens with one attached hydrogen (secondary N) is 1. The monoisotopic (exact) mass is 453 g/mol. The third-order valence-corrected chi connectivity index (χ3v) is 5.79. The Kier molecular flexibility index (Phi) is 6.25.